The fourth-order valence-electron chi connectivity index (χ4n) is 5.20. The van der Waals surface area contributed by atoms with E-state index in [1.165, 1.54) is 30.3 Å². The van der Waals surface area contributed by atoms with E-state index in [0.29, 0.717) is 13.0 Å². The Bertz CT molecular complexity index is 1410. The van der Waals surface area contributed by atoms with Crippen LogP contribution in [0.3, 0.4) is 0 Å². The van der Waals surface area contributed by atoms with Gasteiger partial charge in [0, 0.05) is 34.8 Å². The number of carboxylic acids is 1. The molecule has 0 spiro atoms. The fraction of sp³-hybridized carbons (Fsp3) is 0.333. The zero-order valence-electron chi connectivity index (χ0n) is 22.4. The molecule has 0 amide bonds. The van der Waals surface area contributed by atoms with Crippen molar-refractivity contribution in [3.63, 3.8) is 0 Å². The molecular weight excluding hydrogens is 557 g/mol. The maximum Gasteiger partial charge on any atom is 0.321 e. The summed E-state index contributed by atoms with van der Waals surface area (Å²) >= 11 is 11.9. The average Bonchev–Trinajstić information content (AvgIpc) is 3.20. The van der Waals surface area contributed by atoms with E-state index in [1.807, 2.05) is 45.0 Å². The van der Waals surface area contributed by atoms with Gasteiger partial charge in [0.1, 0.15) is 23.1 Å². The van der Waals surface area contributed by atoms with E-state index in [4.69, 9.17) is 34.7 Å². The van der Waals surface area contributed by atoms with Crippen LogP contribution in [-0.2, 0) is 16.8 Å². The lowest BCUT2D eigenvalue weighted by molar-refractivity contribution is -0.139. The Labute approximate surface area is 242 Å². The van der Waals surface area contributed by atoms with E-state index in [9.17, 15) is 15.2 Å². The number of nitrogens with two attached hydrogens (primary N) is 2. The number of hydrogen-bond donors (Lipinski definition) is 4. The van der Waals surface area contributed by atoms with Gasteiger partial charge in [-0.25, -0.2) is 8.78 Å². The lowest BCUT2D eigenvalue weighted by Gasteiger charge is -2.37. The normalized spacial score (nSPS) is 22.2. The molecule has 3 aromatic carbocycles. The van der Waals surface area contributed by atoms with Crippen molar-refractivity contribution in [2.45, 2.75) is 57.2 Å². The highest BCUT2D eigenvalue weighted by atomic mass is 35.5. The molecule has 4 atom stereocenters. The zero-order chi connectivity index (χ0) is 29.8. The zero-order valence-corrected chi connectivity index (χ0v) is 23.9. The van der Waals surface area contributed by atoms with Gasteiger partial charge in [-0.2, -0.15) is 5.26 Å². The number of nitrogens with zero attached hydrogens (tertiary/aromatic N) is 1. The summed E-state index contributed by atoms with van der Waals surface area (Å²) in [6.45, 7) is 6.37. The maximum atomic E-state index is 15.2. The van der Waals surface area contributed by atoms with Gasteiger partial charge in [-0.1, -0.05) is 74.3 Å². The SMILES string of the molecule is CC(C)(C)CC1NC(C(=O)O)C(c2cccc(Cl)c2F)C1(C#N)c1ccc(Cl)cc1F.NCc1ccc(N)cc1. The molecule has 1 aliphatic rings. The molecule has 40 heavy (non-hydrogen) atoms. The Balaban J connectivity index is 0.000000415. The Morgan fingerprint density at radius 2 is 1.77 bits per heavy atom. The number of carbonyl (C=O) groups is 1. The van der Waals surface area contributed by atoms with E-state index >= 15 is 8.78 Å². The van der Waals surface area contributed by atoms with E-state index in [2.05, 4.69) is 11.4 Å². The first-order valence-corrected chi connectivity index (χ1v) is 13.3. The third-order valence-electron chi connectivity index (χ3n) is 6.93. The molecule has 1 fully saturated rings. The van der Waals surface area contributed by atoms with Crippen molar-refractivity contribution in [3.05, 3.63) is 99.0 Å². The largest absolute Gasteiger partial charge is 0.480 e. The van der Waals surface area contributed by atoms with Crippen molar-refractivity contribution in [2.75, 3.05) is 5.73 Å². The number of rotatable bonds is 5. The van der Waals surface area contributed by atoms with Gasteiger partial charge in [0.25, 0.3) is 0 Å². The van der Waals surface area contributed by atoms with Gasteiger partial charge in [0.15, 0.2) is 0 Å². The minimum atomic E-state index is -1.73. The Kier molecular flexibility index (Phi) is 9.81. The van der Waals surface area contributed by atoms with Crippen molar-refractivity contribution in [1.82, 2.24) is 5.32 Å². The number of nitrogen functional groups attached to an aromatic ring is 1. The number of aliphatic carboxylic acids is 1. The number of benzene rings is 3. The van der Waals surface area contributed by atoms with Crippen LogP contribution in [0, 0.1) is 28.4 Å². The maximum absolute atomic E-state index is 15.2. The van der Waals surface area contributed by atoms with Crippen LogP contribution in [0.5, 0.6) is 0 Å². The highest BCUT2D eigenvalue weighted by Crippen LogP contribution is 2.52. The molecule has 0 saturated carbocycles. The molecule has 0 aromatic heterocycles. The second kappa shape index (κ2) is 12.5. The van der Waals surface area contributed by atoms with Gasteiger partial charge in [-0.15, -0.1) is 0 Å². The molecule has 6 nitrogen and oxygen atoms in total. The van der Waals surface area contributed by atoms with Crippen molar-refractivity contribution in [2.24, 2.45) is 11.1 Å². The predicted molar refractivity (Wildman–Crippen MR) is 154 cm³/mol. The minimum absolute atomic E-state index is 0.0331. The molecule has 4 rings (SSSR count). The topological polar surface area (TPSA) is 125 Å². The summed E-state index contributed by atoms with van der Waals surface area (Å²) in [7, 11) is 0. The third-order valence-corrected chi connectivity index (χ3v) is 7.46. The number of hydrogen-bond acceptors (Lipinski definition) is 5. The van der Waals surface area contributed by atoms with Crippen LogP contribution in [-0.4, -0.2) is 23.2 Å². The Hall–Kier alpha value is -3.22. The van der Waals surface area contributed by atoms with Crippen LogP contribution in [0.4, 0.5) is 14.5 Å². The lowest BCUT2D eigenvalue weighted by Crippen LogP contribution is -2.44. The number of carboxylic acid groups (broad SMARTS) is 1. The van der Waals surface area contributed by atoms with Crippen molar-refractivity contribution in [3.8, 4) is 6.07 Å². The van der Waals surface area contributed by atoms with Crippen molar-refractivity contribution < 1.29 is 18.7 Å². The summed E-state index contributed by atoms with van der Waals surface area (Å²) in [6, 6.07) is 15.7. The minimum Gasteiger partial charge on any atom is -0.480 e. The first-order chi connectivity index (χ1) is 18.7. The van der Waals surface area contributed by atoms with E-state index in [1.54, 1.807) is 0 Å². The lowest BCUT2D eigenvalue weighted by atomic mass is 9.62. The first kappa shape index (κ1) is 31.3. The van der Waals surface area contributed by atoms with Gasteiger partial charge in [0.2, 0.25) is 0 Å². The molecule has 6 N–H and O–H groups in total. The van der Waals surface area contributed by atoms with Crippen LogP contribution in [0.15, 0.2) is 60.7 Å². The summed E-state index contributed by atoms with van der Waals surface area (Å²) < 4.78 is 30.3. The molecule has 3 aromatic rings. The van der Waals surface area contributed by atoms with Gasteiger partial charge < -0.3 is 16.6 Å². The smallest absolute Gasteiger partial charge is 0.321 e. The molecule has 4 unspecified atom stereocenters. The number of halogens is 4. The van der Waals surface area contributed by atoms with E-state index in [-0.39, 0.29) is 26.6 Å². The van der Waals surface area contributed by atoms with Crippen molar-refractivity contribution >= 4 is 34.9 Å². The highest BCUT2D eigenvalue weighted by Gasteiger charge is 2.61. The molecular formula is C30H32Cl2F2N4O2. The second-order valence-corrected chi connectivity index (χ2v) is 11.8. The molecule has 1 heterocycles. The average molecular weight is 590 g/mol. The van der Waals surface area contributed by atoms with Crippen LogP contribution in [0.1, 0.15) is 49.8 Å². The summed E-state index contributed by atoms with van der Waals surface area (Å²) in [5.41, 5.74) is 10.5. The van der Waals surface area contributed by atoms with Crippen LogP contribution < -0.4 is 16.8 Å². The number of nitrogens with one attached hydrogen (secondary N) is 1. The second-order valence-electron chi connectivity index (χ2n) is 11.0. The Morgan fingerprint density at radius 3 is 2.30 bits per heavy atom. The Morgan fingerprint density at radius 1 is 1.12 bits per heavy atom. The summed E-state index contributed by atoms with van der Waals surface area (Å²) in [5.74, 6) is -4.09. The van der Waals surface area contributed by atoms with Crippen LogP contribution in [0.25, 0.3) is 0 Å². The van der Waals surface area contributed by atoms with Crippen LogP contribution in [0.2, 0.25) is 10.0 Å². The summed E-state index contributed by atoms with van der Waals surface area (Å²) in [6.07, 6.45) is 0.338. The standard InChI is InChI=1S/C23H22Cl2F2N2O2.C7H10N2/c1-22(2,3)10-17-23(11-28,14-8-7-12(24)9-16(14)26)18(20(29-17)21(30)31)13-5-4-6-15(25)19(13)27;8-5-6-1-3-7(9)4-2-6/h4-9,17-18,20,29H,10H2,1-3H3,(H,30,31);1-4H,5,8-9H2. The monoisotopic (exact) mass is 588 g/mol. The summed E-state index contributed by atoms with van der Waals surface area (Å²) in [4.78, 5) is 12.2. The number of anilines is 1. The quantitative estimate of drug-likeness (QED) is 0.255. The van der Waals surface area contributed by atoms with Crippen LogP contribution >= 0.6 is 23.2 Å². The molecule has 0 bridgehead atoms. The molecule has 212 valence electrons. The van der Waals surface area contributed by atoms with E-state index < -0.39 is 41.0 Å². The van der Waals surface area contributed by atoms with Gasteiger partial charge >= 0.3 is 5.97 Å². The van der Waals surface area contributed by atoms with Crippen molar-refractivity contribution in [1.29, 1.82) is 5.26 Å². The molecule has 0 aliphatic carbocycles. The van der Waals surface area contributed by atoms with Gasteiger partial charge in [0.05, 0.1) is 11.1 Å². The predicted octanol–water partition coefficient (Wildman–Crippen LogP) is 6.41. The molecule has 1 aliphatic heterocycles. The number of nitriles is 1. The summed E-state index contributed by atoms with van der Waals surface area (Å²) in [5, 5.41) is 23.4. The molecule has 0 radical (unpaired) electrons. The first-order valence-electron chi connectivity index (χ1n) is 12.6. The molecule has 10 heteroatoms. The third kappa shape index (κ3) is 6.56. The van der Waals surface area contributed by atoms with Gasteiger partial charge in [-0.3, -0.25) is 10.1 Å². The molecule has 1 saturated heterocycles. The fourth-order valence-corrected chi connectivity index (χ4v) is 5.54. The highest BCUT2D eigenvalue weighted by molar-refractivity contribution is 6.31. The van der Waals surface area contributed by atoms with E-state index in [0.717, 1.165) is 17.3 Å². The van der Waals surface area contributed by atoms with Gasteiger partial charge in [-0.05, 0) is 53.3 Å².